The predicted octanol–water partition coefficient (Wildman–Crippen LogP) is 3.02. The first-order valence-corrected chi connectivity index (χ1v) is 10.2. The summed E-state index contributed by atoms with van der Waals surface area (Å²) in [4.78, 5) is 37.8. The molecule has 0 amide bonds. The molecule has 0 aliphatic heterocycles. The van der Waals surface area contributed by atoms with Crippen molar-refractivity contribution in [2.45, 2.75) is 58.5 Å². The molecule has 0 unspecified atom stereocenters. The average Bonchev–Trinajstić information content (AvgIpc) is 2.30. The van der Waals surface area contributed by atoms with Crippen LogP contribution >= 0.6 is 15.2 Å². The average molecular weight is 328 g/mol. The molecule has 0 heterocycles. The summed E-state index contributed by atoms with van der Waals surface area (Å²) in [5.74, 6) is 0. The fourth-order valence-electron chi connectivity index (χ4n) is 2.84. The van der Waals surface area contributed by atoms with Crippen molar-refractivity contribution in [3.63, 3.8) is 0 Å². The van der Waals surface area contributed by atoms with Gasteiger partial charge in [-0.05, 0) is 25.7 Å². The first-order valence-electron chi connectivity index (χ1n) is 6.80. The van der Waals surface area contributed by atoms with Gasteiger partial charge in [-0.3, -0.25) is 9.13 Å². The molecule has 0 aromatic carbocycles. The Balaban J connectivity index is 6.16. The lowest BCUT2D eigenvalue weighted by Gasteiger charge is -2.36. The third kappa shape index (κ3) is 4.52. The Labute approximate surface area is 120 Å². The Hall–Kier alpha value is 0.0400. The van der Waals surface area contributed by atoms with Gasteiger partial charge in [0.25, 0.3) is 0 Å². The van der Waals surface area contributed by atoms with Gasteiger partial charge in [-0.2, -0.15) is 0 Å². The lowest BCUT2D eigenvalue weighted by Crippen LogP contribution is -2.31. The second-order valence-corrected chi connectivity index (χ2v) is 8.48. The van der Waals surface area contributed by atoms with Gasteiger partial charge in [0.1, 0.15) is 0 Å². The highest BCUT2D eigenvalue weighted by Crippen LogP contribution is 2.60. The number of hydrogen-bond donors (Lipinski definition) is 4. The van der Waals surface area contributed by atoms with Gasteiger partial charge in [0.2, 0.25) is 0 Å². The molecule has 0 saturated carbocycles. The monoisotopic (exact) mass is 328 g/mol. The molecule has 0 rings (SSSR count). The Morgan fingerprint density at radius 2 is 1.35 bits per heavy atom. The third-order valence-electron chi connectivity index (χ3n) is 3.89. The minimum absolute atomic E-state index is 0.238. The van der Waals surface area contributed by atoms with E-state index in [2.05, 4.69) is 0 Å². The SMILES string of the molecule is CC/C(CP(=O)(O)O)=C(/CC)C(CC)(CC)P(=O)(O)O. The van der Waals surface area contributed by atoms with Gasteiger partial charge in [0, 0.05) is 0 Å². The standard InChI is InChI=1S/C12H26O6P2/c1-5-10(9-19(13,14)15)11(6-2)12(7-3,8-4)20(16,17)18/h5-9H2,1-4H3,(H2,13,14,15)(H2,16,17,18)/b11-10+. The molecular weight excluding hydrogens is 302 g/mol. The van der Waals surface area contributed by atoms with Crippen LogP contribution in [-0.4, -0.2) is 30.9 Å². The predicted molar refractivity (Wildman–Crippen MR) is 79.9 cm³/mol. The summed E-state index contributed by atoms with van der Waals surface area (Å²) in [5, 5.41) is -1.32. The summed E-state index contributed by atoms with van der Waals surface area (Å²) in [5.41, 5.74) is 0.967. The van der Waals surface area contributed by atoms with Crippen molar-refractivity contribution < 1.29 is 28.7 Å². The van der Waals surface area contributed by atoms with Crippen LogP contribution in [0.4, 0.5) is 0 Å². The zero-order chi connectivity index (χ0) is 16.2. The Morgan fingerprint density at radius 1 is 0.900 bits per heavy atom. The van der Waals surface area contributed by atoms with Crippen molar-refractivity contribution >= 4 is 15.2 Å². The quantitative estimate of drug-likeness (QED) is 0.402. The van der Waals surface area contributed by atoms with Crippen LogP contribution in [0.1, 0.15) is 53.4 Å². The minimum atomic E-state index is -4.42. The fraction of sp³-hybridized carbons (Fsp3) is 0.833. The molecule has 120 valence electrons. The highest BCUT2D eigenvalue weighted by atomic mass is 31.2. The van der Waals surface area contributed by atoms with E-state index in [4.69, 9.17) is 9.79 Å². The molecule has 0 spiro atoms. The first kappa shape index (κ1) is 20.0. The van der Waals surface area contributed by atoms with E-state index >= 15 is 0 Å². The summed E-state index contributed by atoms with van der Waals surface area (Å²) in [6.07, 6.45) is 0.781. The smallest absolute Gasteiger partial charge is 0.324 e. The largest absolute Gasteiger partial charge is 0.335 e. The van der Waals surface area contributed by atoms with Crippen LogP contribution in [-0.2, 0) is 9.13 Å². The molecule has 0 fully saturated rings. The van der Waals surface area contributed by atoms with Gasteiger partial charge < -0.3 is 19.6 Å². The second kappa shape index (κ2) is 7.35. The third-order valence-corrected chi connectivity index (χ3v) is 6.70. The zero-order valence-corrected chi connectivity index (χ0v) is 14.3. The molecule has 4 N–H and O–H groups in total. The normalized spacial score (nSPS) is 15.2. The van der Waals surface area contributed by atoms with Crippen LogP contribution in [0.3, 0.4) is 0 Å². The van der Waals surface area contributed by atoms with Gasteiger partial charge in [-0.15, -0.1) is 0 Å². The minimum Gasteiger partial charge on any atom is -0.324 e. The van der Waals surface area contributed by atoms with Gasteiger partial charge in [0.15, 0.2) is 0 Å². The van der Waals surface area contributed by atoms with E-state index in [0.717, 1.165) is 0 Å². The summed E-state index contributed by atoms with van der Waals surface area (Å²) in [6.45, 7) is 6.91. The van der Waals surface area contributed by atoms with Crippen molar-refractivity contribution in [1.29, 1.82) is 0 Å². The highest BCUT2D eigenvalue weighted by molar-refractivity contribution is 7.54. The van der Waals surface area contributed by atoms with Crippen molar-refractivity contribution in [3.8, 4) is 0 Å². The fourth-order valence-corrected chi connectivity index (χ4v) is 5.25. The molecule has 0 atom stereocenters. The van der Waals surface area contributed by atoms with Crippen LogP contribution in [0, 0.1) is 0 Å². The number of rotatable bonds is 8. The Bertz CT molecular complexity index is 441. The van der Waals surface area contributed by atoms with E-state index < -0.39 is 26.5 Å². The summed E-state index contributed by atoms with van der Waals surface area (Å²) >= 11 is 0. The van der Waals surface area contributed by atoms with Crippen molar-refractivity contribution in [2.24, 2.45) is 0 Å². The molecule has 0 radical (unpaired) electrons. The Kier molecular flexibility index (Phi) is 7.36. The Morgan fingerprint density at radius 3 is 1.55 bits per heavy atom. The van der Waals surface area contributed by atoms with Gasteiger partial charge in [-0.1, -0.05) is 38.8 Å². The topological polar surface area (TPSA) is 115 Å². The van der Waals surface area contributed by atoms with Gasteiger partial charge in [-0.25, -0.2) is 0 Å². The first-order chi connectivity index (χ1) is 8.99. The molecule has 8 heteroatoms. The maximum atomic E-state index is 12.0. The van der Waals surface area contributed by atoms with E-state index in [1.807, 2.05) is 0 Å². The van der Waals surface area contributed by atoms with E-state index in [0.29, 0.717) is 24.0 Å². The van der Waals surface area contributed by atoms with Crippen LogP contribution in [0.25, 0.3) is 0 Å². The summed E-state index contributed by atoms with van der Waals surface area (Å²) < 4.78 is 23.2. The van der Waals surface area contributed by atoms with E-state index in [9.17, 15) is 18.9 Å². The van der Waals surface area contributed by atoms with E-state index in [1.165, 1.54) is 0 Å². The van der Waals surface area contributed by atoms with Crippen LogP contribution in [0.15, 0.2) is 11.1 Å². The number of hydrogen-bond acceptors (Lipinski definition) is 2. The van der Waals surface area contributed by atoms with Crippen LogP contribution < -0.4 is 0 Å². The zero-order valence-electron chi connectivity index (χ0n) is 12.5. The maximum absolute atomic E-state index is 12.0. The van der Waals surface area contributed by atoms with Crippen molar-refractivity contribution in [3.05, 3.63) is 11.1 Å². The van der Waals surface area contributed by atoms with Crippen LogP contribution in [0.2, 0.25) is 0 Å². The second-order valence-electron chi connectivity index (χ2n) is 4.89. The molecule has 0 aliphatic carbocycles. The number of allylic oxidation sites excluding steroid dienone is 2. The molecule has 0 bridgehead atoms. The van der Waals surface area contributed by atoms with Crippen molar-refractivity contribution in [2.75, 3.05) is 6.16 Å². The lowest BCUT2D eigenvalue weighted by atomic mass is 9.86. The molecule has 0 aromatic heterocycles. The molecular formula is C12H26O6P2. The summed E-state index contributed by atoms with van der Waals surface area (Å²) in [7, 11) is -8.68. The molecule has 20 heavy (non-hydrogen) atoms. The summed E-state index contributed by atoms with van der Waals surface area (Å²) in [6, 6.07) is 0. The highest BCUT2D eigenvalue weighted by Gasteiger charge is 2.47. The molecule has 0 saturated heterocycles. The molecule has 0 aliphatic rings. The van der Waals surface area contributed by atoms with Gasteiger partial charge >= 0.3 is 15.2 Å². The van der Waals surface area contributed by atoms with E-state index in [1.54, 1.807) is 27.7 Å². The molecule has 0 aromatic rings. The van der Waals surface area contributed by atoms with E-state index in [-0.39, 0.29) is 12.8 Å². The lowest BCUT2D eigenvalue weighted by molar-refractivity contribution is 0.325. The van der Waals surface area contributed by atoms with Crippen molar-refractivity contribution in [1.82, 2.24) is 0 Å². The van der Waals surface area contributed by atoms with Gasteiger partial charge in [0.05, 0.1) is 11.3 Å². The van der Waals surface area contributed by atoms with Crippen LogP contribution in [0.5, 0.6) is 0 Å². The molecule has 6 nitrogen and oxygen atoms in total. The maximum Gasteiger partial charge on any atom is 0.335 e.